The summed E-state index contributed by atoms with van der Waals surface area (Å²) in [5, 5.41) is 5.23. The van der Waals surface area contributed by atoms with E-state index in [-0.39, 0.29) is 0 Å². The Balaban J connectivity index is 1.28. The smallest absolute Gasteiger partial charge is 0.0541 e. The Labute approximate surface area is 231 Å². The molecular weight excluding hydrogens is 492 g/mol. The molecule has 0 aliphatic heterocycles. The lowest BCUT2D eigenvalue weighted by Gasteiger charge is -2.29. The molecule has 2 heterocycles. The van der Waals surface area contributed by atoms with E-state index in [4.69, 9.17) is 0 Å². The molecule has 2 nitrogen and oxygen atoms in total. The van der Waals surface area contributed by atoms with Crippen LogP contribution < -0.4 is 4.90 Å². The number of thiophene rings is 1. The average Bonchev–Trinajstić information content (AvgIpc) is 3.54. The van der Waals surface area contributed by atoms with Crippen molar-refractivity contribution in [3.05, 3.63) is 139 Å². The molecule has 0 atom stereocenters. The van der Waals surface area contributed by atoms with Gasteiger partial charge in [-0.15, -0.1) is 11.3 Å². The van der Waals surface area contributed by atoms with Crippen LogP contribution in [-0.2, 0) is 0 Å². The monoisotopic (exact) mass is 518 g/mol. The van der Waals surface area contributed by atoms with Crippen LogP contribution in [0.5, 0.6) is 0 Å². The highest BCUT2D eigenvalue weighted by molar-refractivity contribution is 7.25. The number of allylic oxidation sites excluding steroid dienone is 4. The van der Waals surface area contributed by atoms with Crippen LogP contribution in [0.4, 0.5) is 11.4 Å². The predicted octanol–water partition coefficient (Wildman–Crippen LogP) is 10.5. The van der Waals surface area contributed by atoms with Crippen LogP contribution in [0.2, 0.25) is 0 Å². The van der Waals surface area contributed by atoms with Gasteiger partial charge in [0.2, 0.25) is 0 Å². The van der Waals surface area contributed by atoms with Gasteiger partial charge >= 0.3 is 0 Å². The van der Waals surface area contributed by atoms with E-state index in [1.54, 1.807) is 0 Å². The summed E-state index contributed by atoms with van der Waals surface area (Å²) in [5.41, 5.74) is 7.35. The molecule has 8 rings (SSSR count). The van der Waals surface area contributed by atoms with Gasteiger partial charge in [0.15, 0.2) is 0 Å². The first kappa shape index (κ1) is 22.4. The number of hydrogen-bond donors (Lipinski definition) is 0. The van der Waals surface area contributed by atoms with E-state index < -0.39 is 0 Å². The maximum Gasteiger partial charge on any atom is 0.0541 e. The second-order valence-electron chi connectivity index (χ2n) is 10.1. The molecule has 0 N–H and O–H groups in total. The molecule has 5 aromatic carbocycles. The van der Waals surface area contributed by atoms with Gasteiger partial charge in [-0.1, -0.05) is 66.7 Å². The van der Waals surface area contributed by atoms with Crippen LogP contribution in [0.1, 0.15) is 12.8 Å². The van der Waals surface area contributed by atoms with E-state index in [1.807, 2.05) is 11.3 Å². The zero-order valence-corrected chi connectivity index (χ0v) is 22.2. The Hall–Kier alpha value is -4.60. The Bertz CT molecular complexity index is 2020. The molecule has 7 aromatic rings. The second kappa shape index (κ2) is 9.00. The molecule has 0 fully saturated rings. The summed E-state index contributed by atoms with van der Waals surface area (Å²) in [4.78, 5) is 2.44. The third-order valence-corrected chi connectivity index (χ3v) is 9.00. The minimum absolute atomic E-state index is 1.02. The minimum atomic E-state index is 1.02. The number of benzene rings is 5. The number of hydrogen-bond acceptors (Lipinski definition) is 2. The molecule has 0 saturated carbocycles. The molecule has 1 aliphatic rings. The van der Waals surface area contributed by atoms with Crippen LogP contribution in [0.15, 0.2) is 139 Å². The van der Waals surface area contributed by atoms with Crippen molar-refractivity contribution < 1.29 is 0 Å². The standard InChI is InChI=1S/C36H26N2S/c1-2-10-25(11-3-1)37(28-22-23-36-32(24-28)31-14-6-9-17-35(31)39-36)26-18-20-27(21-19-26)38-33-15-7-4-12-29(33)30-13-5-8-16-34(30)38/h1-2,4-10,12-24H,3,11H2. The quantitative estimate of drug-likeness (QED) is 0.225. The summed E-state index contributed by atoms with van der Waals surface area (Å²) in [6.45, 7) is 0. The van der Waals surface area contributed by atoms with E-state index in [2.05, 4.69) is 143 Å². The molecular formula is C36H26N2S. The van der Waals surface area contributed by atoms with Crippen molar-refractivity contribution in [2.45, 2.75) is 12.8 Å². The Kier molecular flexibility index (Phi) is 5.17. The van der Waals surface area contributed by atoms with Gasteiger partial charge in [-0.25, -0.2) is 0 Å². The topological polar surface area (TPSA) is 8.17 Å². The highest BCUT2D eigenvalue weighted by Crippen LogP contribution is 2.40. The molecule has 0 amide bonds. The van der Waals surface area contributed by atoms with E-state index >= 15 is 0 Å². The third-order valence-electron chi connectivity index (χ3n) is 7.84. The number of fused-ring (bicyclic) bond motifs is 6. The van der Waals surface area contributed by atoms with Gasteiger partial charge < -0.3 is 9.47 Å². The minimum Gasteiger partial charge on any atom is -0.314 e. The molecule has 2 aromatic heterocycles. The summed E-state index contributed by atoms with van der Waals surface area (Å²) in [6.07, 6.45) is 8.79. The zero-order chi connectivity index (χ0) is 25.8. The number of anilines is 2. The van der Waals surface area contributed by atoms with Crippen molar-refractivity contribution in [2.24, 2.45) is 0 Å². The predicted molar refractivity (Wildman–Crippen MR) is 169 cm³/mol. The molecule has 0 radical (unpaired) electrons. The first-order chi connectivity index (χ1) is 19.3. The molecule has 1 aliphatic carbocycles. The fourth-order valence-corrected chi connectivity index (χ4v) is 7.15. The van der Waals surface area contributed by atoms with Crippen LogP contribution >= 0.6 is 11.3 Å². The van der Waals surface area contributed by atoms with Gasteiger partial charge in [0, 0.05) is 53.7 Å². The highest BCUT2D eigenvalue weighted by atomic mass is 32.1. The number of aromatic nitrogens is 1. The van der Waals surface area contributed by atoms with E-state index in [9.17, 15) is 0 Å². The molecule has 186 valence electrons. The van der Waals surface area contributed by atoms with Crippen molar-refractivity contribution in [3.63, 3.8) is 0 Å². The summed E-state index contributed by atoms with van der Waals surface area (Å²) >= 11 is 1.87. The fraction of sp³-hybridized carbons (Fsp3) is 0.0556. The normalized spacial score (nSPS) is 13.5. The van der Waals surface area contributed by atoms with Crippen molar-refractivity contribution in [2.75, 3.05) is 4.90 Å². The largest absolute Gasteiger partial charge is 0.314 e. The molecule has 0 spiro atoms. The van der Waals surface area contributed by atoms with Gasteiger partial charge in [0.05, 0.1) is 11.0 Å². The number of nitrogens with zero attached hydrogens (tertiary/aromatic N) is 2. The maximum atomic E-state index is 2.44. The Morgan fingerprint density at radius 1 is 0.590 bits per heavy atom. The van der Waals surface area contributed by atoms with E-state index in [0.29, 0.717) is 0 Å². The van der Waals surface area contributed by atoms with Gasteiger partial charge in [-0.05, 0) is 79.6 Å². The van der Waals surface area contributed by atoms with Crippen molar-refractivity contribution in [1.29, 1.82) is 0 Å². The first-order valence-corrected chi connectivity index (χ1v) is 14.3. The van der Waals surface area contributed by atoms with Crippen LogP contribution in [0.3, 0.4) is 0 Å². The maximum absolute atomic E-state index is 2.44. The number of para-hydroxylation sites is 2. The first-order valence-electron chi connectivity index (χ1n) is 13.5. The van der Waals surface area contributed by atoms with Crippen LogP contribution in [-0.4, -0.2) is 4.57 Å². The van der Waals surface area contributed by atoms with E-state index in [1.165, 1.54) is 64.7 Å². The lowest BCUT2D eigenvalue weighted by molar-refractivity contribution is 0.918. The molecule has 0 unspecified atom stereocenters. The van der Waals surface area contributed by atoms with Crippen molar-refractivity contribution >= 4 is 64.7 Å². The summed E-state index contributed by atoms with van der Waals surface area (Å²) in [6, 6.07) is 42.1. The second-order valence-corrected chi connectivity index (χ2v) is 11.2. The summed E-state index contributed by atoms with van der Waals surface area (Å²) < 4.78 is 5.05. The lowest BCUT2D eigenvalue weighted by atomic mass is 10.1. The molecule has 0 bridgehead atoms. The molecule has 3 heteroatoms. The van der Waals surface area contributed by atoms with Crippen LogP contribution in [0.25, 0.3) is 47.7 Å². The third kappa shape index (κ3) is 3.62. The van der Waals surface area contributed by atoms with Crippen LogP contribution in [0, 0.1) is 0 Å². The van der Waals surface area contributed by atoms with Gasteiger partial charge in [-0.3, -0.25) is 0 Å². The Morgan fingerprint density at radius 3 is 1.95 bits per heavy atom. The fourth-order valence-electron chi connectivity index (χ4n) is 6.06. The van der Waals surface area contributed by atoms with Gasteiger partial charge in [0.1, 0.15) is 0 Å². The Morgan fingerprint density at radius 2 is 1.23 bits per heavy atom. The van der Waals surface area contributed by atoms with Crippen molar-refractivity contribution in [1.82, 2.24) is 4.57 Å². The summed E-state index contributed by atoms with van der Waals surface area (Å²) in [7, 11) is 0. The average molecular weight is 519 g/mol. The molecule has 0 saturated heterocycles. The zero-order valence-electron chi connectivity index (χ0n) is 21.4. The SMILES string of the molecule is C1=CCCC(N(c2ccc(-n3c4ccccc4c4ccccc43)cc2)c2ccc3sc4ccccc4c3c2)=C1. The number of rotatable bonds is 4. The van der Waals surface area contributed by atoms with Gasteiger partial charge in [0.25, 0.3) is 0 Å². The molecule has 39 heavy (non-hydrogen) atoms. The lowest BCUT2D eigenvalue weighted by Crippen LogP contribution is -2.17. The van der Waals surface area contributed by atoms with E-state index in [0.717, 1.165) is 12.8 Å². The van der Waals surface area contributed by atoms with Gasteiger partial charge in [-0.2, -0.15) is 0 Å². The highest BCUT2D eigenvalue weighted by Gasteiger charge is 2.18. The summed E-state index contributed by atoms with van der Waals surface area (Å²) in [5.74, 6) is 0. The van der Waals surface area contributed by atoms with Crippen molar-refractivity contribution in [3.8, 4) is 5.69 Å².